The first-order valence-electron chi connectivity index (χ1n) is 9.34. The zero-order valence-electron chi connectivity index (χ0n) is 16.6. The molecule has 2 aromatic carbocycles. The van der Waals surface area contributed by atoms with Crippen LogP contribution >= 0.6 is 27.7 Å². The molecule has 1 aliphatic heterocycles. The van der Waals surface area contributed by atoms with Crippen molar-refractivity contribution in [3.63, 3.8) is 0 Å². The molecule has 156 valence electrons. The van der Waals surface area contributed by atoms with Crippen LogP contribution in [0, 0.1) is 13.8 Å². The van der Waals surface area contributed by atoms with Gasteiger partial charge in [-0.3, -0.25) is 14.9 Å². The van der Waals surface area contributed by atoms with Crippen molar-refractivity contribution < 1.29 is 18.8 Å². The summed E-state index contributed by atoms with van der Waals surface area (Å²) >= 11 is 4.86. The Balaban J connectivity index is 1.67. The van der Waals surface area contributed by atoms with Crippen LogP contribution < -0.4 is 10.2 Å². The average Bonchev–Trinajstić information content (AvgIpc) is 3.04. The first-order chi connectivity index (χ1) is 14.8. The van der Waals surface area contributed by atoms with Crippen molar-refractivity contribution in [1.29, 1.82) is 0 Å². The number of anilines is 1. The lowest BCUT2D eigenvalue weighted by molar-refractivity contribution is -0.122. The van der Waals surface area contributed by atoms with Gasteiger partial charge in [0.15, 0.2) is 5.09 Å². The van der Waals surface area contributed by atoms with Gasteiger partial charge in [-0.25, -0.2) is 9.69 Å². The van der Waals surface area contributed by atoms with Gasteiger partial charge in [0.1, 0.15) is 11.3 Å². The van der Waals surface area contributed by atoms with E-state index in [9.17, 15) is 14.4 Å². The first-order valence-corrected chi connectivity index (χ1v) is 10.9. The number of halogens is 1. The predicted octanol–water partition coefficient (Wildman–Crippen LogP) is 5.48. The number of nitrogens with one attached hydrogen (secondary N) is 1. The normalized spacial score (nSPS) is 15.5. The van der Waals surface area contributed by atoms with E-state index in [4.69, 9.17) is 4.42 Å². The van der Waals surface area contributed by atoms with E-state index in [1.165, 1.54) is 17.8 Å². The minimum absolute atomic E-state index is 0.184. The van der Waals surface area contributed by atoms with Gasteiger partial charge < -0.3 is 4.42 Å². The number of urea groups is 1. The second-order valence-corrected chi connectivity index (χ2v) is 8.90. The van der Waals surface area contributed by atoms with E-state index >= 15 is 0 Å². The van der Waals surface area contributed by atoms with Crippen LogP contribution in [0.4, 0.5) is 10.5 Å². The van der Waals surface area contributed by atoms with Crippen LogP contribution in [0.2, 0.25) is 0 Å². The van der Waals surface area contributed by atoms with E-state index in [0.717, 1.165) is 20.9 Å². The number of hydrogen-bond acceptors (Lipinski definition) is 5. The van der Waals surface area contributed by atoms with E-state index in [-0.39, 0.29) is 5.57 Å². The number of rotatable bonds is 4. The average molecular weight is 497 g/mol. The first kappa shape index (κ1) is 21.1. The van der Waals surface area contributed by atoms with Crippen LogP contribution in [0.15, 0.2) is 79.0 Å². The van der Waals surface area contributed by atoms with Crippen molar-refractivity contribution in [2.75, 3.05) is 4.90 Å². The molecule has 31 heavy (non-hydrogen) atoms. The summed E-state index contributed by atoms with van der Waals surface area (Å²) in [7, 11) is 0. The molecule has 1 fully saturated rings. The van der Waals surface area contributed by atoms with E-state index in [0.29, 0.717) is 21.0 Å². The number of carbonyl (C=O) groups excluding carboxylic acids is 3. The third-order valence-corrected chi connectivity index (χ3v) is 6.33. The Morgan fingerprint density at radius 2 is 1.68 bits per heavy atom. The zero-order chi connectivity index (χ0) is 22.1. The lowest BCUT2D eigenvalue weighted by Crippen LogP contribution is -2.54. The number of furan rings is 1. The summed E-state index contributed by atoms with van der Waals surface area (Å²) in [5.74, 6) is -1.15. The zero-order valence-corrected chi connectivity index (χ0v) is 19.0. The summed E-state index contributed by atoms with van der Waals surface area (Å²) in [5, 5.41) is 2.82. The second-order valence-electron chi connectivity index (χ2n) is 7.00. The smallest absolute Gasteiger partial charge is 0.335 e. The van der Waals surface area contributed by atoms with Crippen molar-refractivity contribution in [1.82, 2.24) is 5.32 Å². The third kappa shape index (κ3) is 4.50. The maximum atomic E-state index is 13.1. The SMILES string of the molecule is Cc1cc(C)cc(N2C(=O)NC(=O)/C(=C\c3cc(Br)c(Sc4ccccc4)o3)C2=O)c1. The number of imide groups is 2. The lowest BCUT2D eigenvalue weighted by Gasteiger charge is -2.26. The summed E-state index contributed by atoms with van der Waals surface area (Å²) in [6, 6.07) is 15.9. The second kappa shape index (κ2) is 8.56. The molecule has 2 heterocycles. The number of barbiturate groups is 1. The molecule has 8 heteroatoms. The molecule has 0 bridgehead atoms. The van der Waals surface area contributed by atoms with Crippen molar-refractivity contribution in [2.45, 2.75) is 23.8 Å². The van der Waals surface area contributed by atoms with E-state index < -0.39 is 17.8 Å². The van der Waals surface area contributed by atoms with E-state index in [1.807, 2.05) is 50.2 Å². The standard InChI is InChI=1S/C23H17BrN2O4S/c1-13-8-14(2)10-15(9-13)26-21(28)18(20(27)25-23(26)29)11-16-12-19(24)22(30-16)31-17-6-4-3-5-7-17/h3-12H,1-2H3,(H,25,27,29)/b18-11+. The Bertz CT molecular complexity index is 1210. The highest BCUT2D eigenvalue weighted by Crippen LogP contribution is 2.36. The highest BCUT2D eigenvalue weighted by atomic mass is 79.9. The minimum atomic E-state index is -0.780. The van der Waals surface area contributed by atoms with Gasteiger partial charge >= 0.3 is 6.03 Å². The molecule has 4 rings (SSSR count). The molecular formula is C23H17BrN2O4S. The fourth-order valence-corrected chi connectivity index (χ4v) is 4.57. The summed E-state index contributed by atoms with van der Waals surface area (Å²) in [5.41, 5.74) is 2.02. The Morgan fingerprint density at radius 3 is 2.35 bits per heavy atom. The van der Waals surface area contributed by atoms with Crippen LogP contribution in [-0.4, -0.2) is 17.8 Å². The fraction of sp³-hybridized carbons (Fsp3) is 0.0870. The Hall–Kier alpha value is -3.10. The molecule has 1 aliphatic rings. The molecule has 4 amide bonds. The molecule has 0 atom stereocenters. The van der Waals surface area contributed by atoms with Crippen LogP contribution in [0.25, 0.3) is 6.08 Å². The quantitative estimate of drug-likeness (QED) is 0.382. The van der Waals surface area contributed by atoms with Crippen LogP contribution in [0.1, 0.15) is 16.9 Å². The predicted molar refractivity (Wildman–Crippen MR) is 122 cm³/mol. The summed E-state index contributed by atoms with van der Waals surface area (Å²) in [4.78, 5) is 39.8. The van der Waals surface area contributed by atoms with Crippen molar-refractivity contribution in [3.8, 4) is 0 Å². The maximum Gasteiger partial charge on any atom is 0.335 e. The molecule has 1 saturated heterocycles. The Kier molecular flexibility index (Phi) is 5.84. The van der Waals surface area contributed by atoms with Crippen LogP contribution in [0.5, 0.6) is 0 Å². The third-order valence-electron chi connectivity index (χ3n) is 4.48. The van der Waals surface area contributed by atoms with Crippen LogP contribution in [-0.2, 0) is 9.59 Å². The molecule has 0 saturated carbocycles. The van der Waals surface area contributed by atoms with Gasteiger partial charge in [0.25, 0.3) is 11.8 Å². The number of hydrogen-bond donors (Lipinski definition) is 1. The number of benzene rings is 2. The molecule has 3 aromatic rings. The van der Waals surface area contributed by atoms with Gasteiger partial charge in [-0.15, -0.1) is 0 Å². The maximum absolute atomic E-state index is 13.1. The molecule has 0 unspecified atom stereocenters. The molecule has 0 radical (unpaired) electrons. The highest BCUT2D eigenvalue weighted by molar-refractivity contribution is 9.10. The molecular weight excluding hydrogens is 480 g/mol. The number of aryl methyl sites for hydroxylation is 2. The molecule has 0 aliphatic carbocycles. The van der Waals surface area contributed by atoms with Gasteiger partial charge in [0.2, 0.25) is 0 Å². The Labute approximate surface area is 191 Å². The van der Waals surface area contributed by atoms with Gasteiger partial charge in [-0.2, -0.15) is 0 Å². The molecule has 1 N–H and O–H groups in total. The molecule has 6 nitrogen and oxygen atoms in total. The highest BCUT2D eigenvalue weighted by Gasteiger charge is 2.37. The molecule has 1 aromatic heterocycles. The Morgan fingerprint density at radius 1 is 1.00 bits per heavy atom. The molecule has 0 spiro atoms. The minimum Gasteiger partial charge on any atom is -0.449 e. The van der Waals surface area contributed by atoms with Gasteiger partial charge in [-0.05, 0) is 77.3 Å². The number of nitrogens with zero attached hydrogens (tertiary/aromatic N) is 1. The topological polar surface area (TPSA) is 79.6 Å². The van der Waals surface area contributed by atoms with E-state index in [1.54, 1.807) is 18.2 Å². The van der Waals surface area contributed by atoms with Crippen LogP contribution in [0.3, 0.4) is 0 Å². The van der Waals surface area contributed by atoms with Crippen molar-refractivity contribution in [3.05, 3.63) is 81.5 Å². The number of carbonyl (C=O) groups is 3. The summed E-state index contributed by atoms with van der Waals surface area (Å²) in [6.07, 6.45) is 1.35. The monoisotopic (exact) mass is 496 g/mol. The fourth-order valence-electron chi connectivity index (χ4n) is 3.22. The van der Waals surface area contributed by atoms with E-state index in [2.05, 4.69) is 21.2 Å². The van der Waals surface area contributed by atoms with Gasteiger partial charge in [-0.1, -0.05) is 36.0 Å². The van der Waals surface area contributed by atoms with Crippen molar-refractivity contribution in [2.24, 2.45) is 0 Å². The summed E-state index contributed by atoms with van der Waals surface area (Å²) in [6.45, 7) is 3.74. The van der Waals surface area contributed by atoms with Crippen molar-refractivity contribution >= 4 is 57.3 Å². The van der Waals surface area contributed by atoms with Gasteiger partial charge in [0, 0.05) is 4.90 Å². The lowest BCUT2D eigenvalue weighted by atomic mass is 10.1. The number of amides is 4. The van der Waals surface area contributed by atoms with Gasteiger partial charge in [0.05, 0.1) is 10.2 Å². The largest absolute Gasteiger partial charge is 0.449 e. The summed E-state index contributed by atoms with van der Waals surface area (Å²) < 4.78 is 6.52.